The lowest BCUT2D eigenvalue weighted by Crippen LogP contribution is -2.41. The first kappa shape index (κ1) is 63.0. The molecule has 0 saturated carbocycles. The van der Waals surface area contributed by atoms with E-state index in [1.807, 2.05) is 23.5 Å². The Morgan fingerprint density at radius 2 is 0.525 bits per heavy atom. The molecule has 0 aromatic carbocycles. The van der Waals surface area contributed by atoms with Gasteiger partial charge in [-0.1, -0.05) is 6.92 Å². The summed E-state index contributed by atoms with van der Waals surface area (Å²) in [7, 11) is 0. The maximum absolute atomic E-state index is 10.5. The van der Waals surface area contributed by atoms with Crippen LogP contribution in [0.3, 0.4) is 0 Å². The van der Waals surface area contributed by atoms with Gasteiger partial charge in [0.15, 0.2) is 0 Å². The highest BCUT2D eigenvalue weighted by Crippen LogP contribution is 2.25. The van der Waals surface area contributed by atoms with Gasteiger partial charge in [-0.15, -0.1) is 0 Å². The molecule has 0 aromatic heterocycles. The Kier molecular flexibility index (Phi) is 48.6. The SMILES string of the molecule is CCC(COCCCS)(COCCCS)COCCCSCCCOCC(CO)(COCCCS)COCCCSCCCOCC(CO)(COCCCS)COCCCS. The molecule has 0 aliphatic rings. The Bertz CT molecular complexity index is 811. The predicted octanol–water partition coefficient (Wildman–Crippen LogP) is 7.12. The lowest BCUT2D eigenvalue weighted by Gasteiger charge is -2.32. The minimum Gasteiger partial charge on any atom is -0.396 e. The van der Waals surface area contributed by atoms with Gasteiger partial charge in [-0.2, -0.15) is 86.7 Å². The average molecular weight is 1010 g/mol. The molecule has 0 bridgehead atoms. The zero-order valence-electron chi connectivity index (χ0n) is 37.7. The zero-order valence-corrected chi connectivity index (χ0v) is 43.8. The van der Waals surface area contributed by atoms with Crippen LogP contribution in [-0.2, 0) is 42.6 Å². The van der Waals surface area contributed by atoms with Crippen molar-refractivity contribution >= 4 is 86.7 Å². The Hall–Kier alpha value is 2.01. The molecule has 18 heteroatoms. The molecule has 0 spiro atoms. The van der Waals surface area contributed by atoms with E-state index >= 15 is 0 Å². The van der Waals surface area contributed by atoms with Crippen molar-refractivity contribution in [1.82, 2.24) is 0 Å². The van der Waals surface area contributed by atoms with Crippen LogP contribution in [0.4, 0.5) is 0 Å². The van der Waals surface area contributed by atoms with Gasteiger partial charge in [0.2, 0.25) is 0 Å². The Morgan fingerprint density at radius 3 is 0.705 bits per heavy atom. The van der Waals surface area contributed by atoms with Crippen LogP contribution < -0.4 is 0 Å². The molecule has 0 aromatic rings. The number of hydrogen-bond donors (Lipinski definition) is 7. The van der Waals surface area contributed by atoms with E-state index in [9.17, 15) is 10.2 Å². The number of aliphatic hydroxyl groups excluding tert-OH is 2. The van der Waals surface area contributed by atoms with Gasteiger partial charge in [0, 0.05) is 64.9 Å². The van der Waals surface area contributed by atoms with Gasteiger partial charge >= 0.3 is 0 Å². The molecule has 0 rings (SSSR count). The summed E-state index contributed by atoms with van der Waals surface area (Å²) in [4.78, 5) is 0. The smallest absolute Gasteiger partial charge is 0.0635 e. The van der Waals surface area contributed by atoms with Crippen LogP contribution in [-0.4, -0.2) is 194 Å². The van der Waals surface area contributed by atoms with Gasteiger partial charge in [-0.25, -0.2) is 0 Å². The fourth-order valence-corrected chi connectivity index (χ4v) is 7.98. The van der Waals surface area contributed by atoms with Crippen molar-refractivity contribution in [1.29, 1.82) is 0 Å². The normalized spacial score (nSPS) is 13.4. The van der Waals surface area contributed by atoms with E-state index in [1.54, 1.807) is 0 Å². The third kappa shape index (κ3) is 36.7. The second kappa shape index (κ2) is 47.1. The molecule has 0 aliphatic carbocycles. The van der Waals surface area contributed by atoms with Crippen molar-refractivity contribution in [3.63, 3.8) is 0 Å². The molecule has 0 fully saturated rings. The van der Waals surface area contributed by atoms with Crippen LogP contribution in [0.25, 0.3) is 0 Å². The van der Waals surface area contributed by atoms with Crippen molar-refractivity contribution in [2.45, 2.75) is 71.1 Å². The fraction of sp³-hybridized carbons (Fsp3) is 1.00. The first-order chi connectivity index (χ1) is 29.9. The maximum atomic E-state index is 10.5. The minimum absolute atomic E-state index is 0.0597. The maximum Gasteiger partial charge on any atom is 0.0635 e. The second-order valence-electron chi connectivity index (χ2n) is 15.7. The molecule has 11 nitrogen and oxygen atoms in total. The Labute approximate surface area is 408 Å². The summed E-state index contributed by atoms with van der Waals surface area (Å²) >= 11 is 25.2. The molecule has 1 unspecified atom stereocenters. The van der Waals surface area contributed by atoms with E-state index < -0.39 is 10.8 Å². The molecule has 0 radical (unpaired) electrons. The van der Waals surface area contributed by atoms with Crippen molar-refractivity contribution in [3.8, 4) is 0 Å². The summed E-state index contributed by atoms with van der Waals surface area (Å²) in [5.41, 5.74) is -1.32. The third-order valence-corrected chi connectivity index (χ3v) is 13.5. The molecule has 368 valence electrons. The largest absolute Gasteiger partial charge is 0.396 e. The lowest BCUT2D eigenvalue weighted by molar-refractivity contribution is -0.0923. The first-order valence-electron chi connectivity index (χ1n) is 22.5. The van der Waals surface area contributed by atoms with Crippen molar-refractivity contribution < 1.29 is 52.8 Å². The van der Waals surface area contributed by atoms with E-state index in [1.165, 1.54) is 0 Å². The topological polar surface area (TPSA) is 124 Å². The van der Waals surface area contributed by atoms with Crippen LogP contribution in [0.1, 0.15) is 71.1 Å². The monoisotopic (exact) mass is 1000 g/mol. The highest BCUT2D eigenvalue weighted by atomic mass is 32.2. The quantitative estimate of drug-likeness (QED) is 0.0248. The van der Waals surface area contributed by atoms with Crippen LogP contribution in [0.2, 0.25) is 0 Å². The van der Waals surface area contributed by atoms with E-state index in [0.29, 0.717) is 119 Å². The van der Waals surface area contributed by atoms with Crippen molar-refractivity contribution in [3.05, 3.63) is 0 Å². The molecular formula is C43H88O11S7. The minimum atomic E-state index is -0.604. The van der Waals surface area contributed by atoms with Gasteiger partial charge < -0.3 is 52.8 Å². The highest BCUT2D eigenvalue weighted by Gasteiger charge is 2.33. The average Bonchev–Trinajstić information content (AvgIpc) is 3.28. The molecule has 0 heterocycles. The van der Waals surface area contributed by atoms with E-state index in [4.69, 9.17) is 42.6 Å². The molecular weight excluding hydrogens is 917 g/mol. The Balaban J connectivity index is 4.45. The predicted molar refractivity (Wildman–Crippen MR) is 275 cm³/mol. The number of aliphatic hydroxyl groups is 2. The third-order valence-electron chi connectivity index (χ3n) is 9.64. The zero-order chi connectivity index (χ0) is 44.9. The number of ether oxygens (including phenoxy) is 9. The highest BCUT2D eigenvalue weighted by molar-refractivity contribution is 7.99. The van der Waals surface area contributed by atoms with Gasteiger partial charge in [-0.05, 0) is 116 Å². The van der Waals surface area contributed by atoms with Crippen molar-refractivity contribution in [2.24, 2.45) is 16.2 Å². The Morgan fingerprint density at radius 1 is 0.328 bits per heavy atom. The fourth-order valence-electron chi connectivity index (χ4n) is 5.64. The molecule has 0 amide bonds. The summed E-state index contributed by atoms with van der Waals surface area (Å²) in [5, 5.41) is 20.7. The number of hydrogen-bond acceptors (Lipinski definition) is 18. The van der Waals surface area contributed by atoms with E-state index in [2.05, 4.69) is 70.1 Å². The summed E-state index contributed by atoms with van der Waals surface area (Å²) in [6, 6.07) is 0. The lowest BCUT2D eigenvalue weighted by atomic mass is 9.88. The van der Waals surface area contributed by atoms with Gasteiger partial charge in [-0.3, -0.25) is 0 Å². The molecule has 0 aliphatic heterocycles. The van der Waals surface area contributed by atoms with Crippen molar-refractivity contribution in [2.75, 3.05) is 184 Å². The summed E-state index contributed by atoms with van der Waals surface area (Å²) in [6.07, 6.45) is 9.13. The number of thioether (sulfide) groups is 2. The van der Waals surface area contributed by atoms with Gasteiger partial charge in [0.1, 0.15) is 0 Å². The molecule has 1 atom stereocenters. The summed E-state index contributed by atoms with van der Waals surface area (Å²) in [5.74, 6) is 7.90. The van der Waals surface area contributed by atoms with Crippen LogP contribution in [0, 0.1) is 16.2 Å². The van der Waals surface area contributed by atoms with Crippen LogP contribution in [0.15, 0.2) is 0 Å². The standard InChI is InChI=1S/C43H88O11S7/c1-2-41(32-46-12-3-21-55,33-47-13-4-22-56)34-51-17-8-26-60-27-10-19-53-39-43(31-45,37-50-16-7-25-59)40-54-20-11-29-61-28-9-18-52-38-42(30-44,35-48-14-5-23-57)36-49-15-6-24-58/h44-45,55-59H,2-40H2,1H3. The van der Waals surface area contributed by atoms with E-state index in [0.717, 1.165) is 116 Å². The summed E-state index contributed by atoms with van der Waals surface area (Å²) in [6.45, 7) is 12.0. The van der Waals surface area contributed by atoms with Crippen LogP contribution in [0.5, 0.6) is 0 Å². The second-order valence-corrected chi connectivity index (χ2v) is 20.4. The van der Waals surface area contributed by atoms with Crippen LogP contribution >= 0.6 is 86.7 Å². The number of rotatable bonds is 52. The van der Waals surface area contributed by atoms with Gasteiger partial charge in [0.25, 0.3) is 0 Å². The summed E-state index contributed by atoms with van der Waals surface area (Å²) < 4.78 is 53.9. The molecule has 2 N–H and O–H groups in total. The number of thiol groups is 5. The molecule has 61 heavy (non-hydrogen) atoms. The molecule has 0 saturated heterocycles. The first-order valence-corrected chi connectivity index (χ1v) is 28.0. The van der Waals surface area contributed by atoms with Gasteiger partial charge in [0.05, 0.1) is 83.5 Å². The van der Waals surface area contributed by atoms with E-state index in [-0.39, 0.29) is 18.6 Å².